The van der Waals surface area contributed by atoms with Gasteiger partial charge in [-0.25, -0.2) is 4.79 Å². The number of hydrogen-bond acceptors (Lipinski definition) is 7. The third-order valence-corrected chi connectivity index (χ3v) is 16.5. The molecular weight excluding hydrogens is 997 g/mol. The monoisotopic (exact) mass is 1120 g/mol. The smallest absolute Gasteiger partial charge is 0.340 e. The third-order valence-electron chi connectivity index (χ3n) is 16.5. The number of unbranched alkanes of at least 4 members (excludes halogenated alkanes) is 45. The standard InChI is InChI=1S/C74H122N2O5/c1-4-7-10-13-16-19-22-25-28-31-34-37-40-43-46-49-55-78-71-59-67(65-81-74(77)70-61-69(63-76-64-70)68-54-52-53-66(58-68)62-75)60-72(79-56-50-47-44-41-38-35-32-29-26-23-20-17-14-11-8-5-2)73(71)80-57-51-48-45-42-39-36-33-30-27-24-21-18-15-12-9-6-3/h52-54,58-61,63-64H,4-51,55-57,65H2,1-3H3. The van der Waals surface area contributed by atoms with Crippen molar-refractivity contribution < 1.29 is 23.7 Å². The first-order valence-electron chi connectivity index (χ1n) is 34.8. The molecule has 7 heteroatoms. The van der Waals surface area contributed by atoms with E-state index in [0.717, 1.165) is 55.2 Å². The molecule has 3 rings (SSSR count). The van der Waals surface area contributed by atoms with Crippen LogP contribution in [0.25, 0.3) is 11.1 Å². The predicted molar refractivity (Wildman–Crippen MR) is 345 cm³/mol. The van der Waals surface area contributed by atoms with Crippen molar-refractivity contribution in [1.82, 2.24) is 4.98 Å². The molecule has 7 nitrogen and oxygen atoms in total. The maximum Gasteiger partial charge on any atom is 0.340 e. The average Bonchev–Trinajstić information content (AvgIpc) is 3.61. The molecule has 0 aliphatic carbocycles. The fraction of sp³-hybridized carbons (Fsp3) is 0.743. The Morgan fingerprint density at radius 1 is 0.395 bits per heavy atom. The number of ether oxygens (including phenoxy) is 4. The quantitative estimate of drug-likeness (QED) is 0.0411. The molecule has 2 aromatic carbocycles. The summed E-state index contributed by atoms with van der Waals surface area (Å²) in [6.07, 6.45) is 67.2. The van der Waals surface area contributed by atoms with Gasteiger partial charge in [0, 0.05) is 18.0 Å². The maximum absolute atomic E-state index is 13.6. The van der Waals surface area contributed by atoms with Gasteiger partial charge in [0.05, 0.1) is 37.0 Å². The highest BCUT2D eigenvalue weighted by Gasteiger charge is 2.18. The van der Waals surface area contributed by atoms with Crippen LogP contribution in [0.15, 0.2) is 54.9 Å². The summed E-state index contributed by atoms with van der Waals surface area (Å²) in [5.41, 5.74) is 3.28. The molecule has 0 saturated carbocycles. The first kappa shape index (κ1) is 71.2. The van der Waals surface area contributed by atoms with Crippen LogP contribution in [-0.4, -0.2) is 30.8 Å². The van der Waals surface area contributed by atoms with Gasteiger partial charge in [-0.05, 0) is 60.7 Å². The maximum atomic E-state index is 13.6. The van der Waals surface area contributed by atoms with Gasteiger partial charge in [0.25, 0.3) is 0 Å². The molecule has 0 unspecified atom stereocenters. The van der Waals surface area contributed by atoms with E-state index in [0.29, 0.717) is 48.2 Å². The van der Waals surface area contributed by atoms with Gasteiger partial charge in [-0.2, -0.15) is 5.26 Å². The third kappa shape index (κ3) is 38.4. The molecule has 0 spiro atoms. The second-order valence-electron chi connectivity index (χ2n) is 24.1. The lowest BCUT2D eigenvalue weighted by atomic mass is 10.0. The van der Waals surface area contributed by atoms with Gasteiger partial charge in [0.2, 0.25) is 5.75 Å². The van der Waals surface area contributed by atoms with Crippen LogP contribution in [0, 0.1) is 11.3 Å². The summed E-state index contributed by atoms with van der Waals surface area (Å²) in [4.78, 5) is 18.0. The second kappa shape index (κ2) is 52.7. The van der Waals surface area contributed by atoms with Crippen LogP contribution in [0.4, 0.5) is 0 Å². The molecule has 0 fully saturated rings. The SMILES string of the molecule is CCCCCCCCCCCCCCCCCCOc1cc(COC(=O)c2cncc(-c3cccc(C#N)c3)c2)cc(OCCCCCCCCCCCCCCCCCC)c1OCCCCCCCCCCCCCCCCCC. The average molecular weight is 1120 g/mol. The minimum absolute atomic E-state index is 0.0528. The van der Waals surface area contributed by atoms with Gasteiger partial charge in [0.1, 0.15) is 6.61 Å². The van der Waals surface area contributed by atoms with Gasteiger partial charge in [-0.3, -0.25) is 4.98 Å². The van der Waals surface area contributed by atoms with Crippen LogP contribution in [0.2, 0.25) is 0 Å². The molecule has 0 saturated heterocycles. The van der Waals surface area contributed by atoms with Crippen LogP contribution in [0.1, 0.15) is 350 Å². The molecule has 1 aromatic heterocycles. The van der Waals surface area contributed by atoms with Gasteiger partial charge in [-0.1, -0.05) is 322 Å². The Morgan fingerprint density at radius 3 is 1.07 bits per heavy atom. The first-order chi connectivity index (χ1) is 40.1. The van der Waals surface area contributed by atoms with E-state index < -0.39 is 5.97 Å². The normalized spacial score (nSPS) is 11.3. The lowest BCUT2D eigenvalue weighted by Crippen LogP contribution is -2.09. The molecule has 458 valence electrons. The van der Waals surface area contributed by atoms with E-state index in [2.05, 4.69) is 31.8 Å². The second-order valence-corrected chi connectivity index (χ2v) is 24.1. The number of aromatic nitrogens is 1. The molecule has 1 heterocycles. The lowest BCUT2D eigenvalue weighted by Gasteiger charge is -2.19. The van der Waals surface area contributed by atoms with Crippen molar-refractivity contribution in [3.63, 3.8) is 0 Å². The summed E-state index contributed by atoms with van der Waals surface area (Å²) in [5, 5.41) is 9.48. The highest BCUT2D eigenvalue weighted by molar-refractivity contribution is 5.90. The van der Waals surface area contributed by atoms with E-state index in [9.17, 15) is 10.1 Å². The van der Waals surface area contributed by atoms with Gasteiger partial charge in [0.15, 0.2) is 11.5 Å². The zero-order valence-electron chi connectivity index (χ0n) is 52.9. The highest BCUT2D eigenvalue weighted by Crippen LogP contribution is 2.40. The van der Waals surface area contributed by atoms with Crippen molar-refractivity contribution in [1.29, 1.82) is 5.26 Å². The predicted octanol–water partition coefficient (Wildman–Crippen LogP) is 23.9. The summed E-state index contributed by atoms with van der Waals surface area (Å²) < 4.78 is 26.0. The van der Waals surface area contributed by atoms with Crippen LogP contribution >= 0.6 is 0 Å². The van der Waals surface area contributed by atoms with Crippen molar-refractivity contribution in [3.05, 3.63) is 71.5 Å². The summed E-state index contributed by atoms with van der Waals surface area (Å²) in [5.74, 6) is 1.56. The van der Waals surface area contributed by atoms with Crippen molar-refractivity contribution in [2.45, 2.75) is 336 Å². The molecule has 0 aliphatic rings. The molecule has 0 N–H and O–H groups in total. The Bertz CT molecular complexity index is 1900. The topological polar surface area (TPSA) is 90.7 Å². The number of benzene rings is 2. The van der Waals surface area contributed by atoms with E-state index in [1.165, 1.54) is 276 Å². The van der Waals surface area contributed by atoms with E-state index >= 15 is 0 Å². The van der Waals surface area contributed by atoms with Crippen LogP contribution in [-0.2, 0) is 11.3 Å². The van der Waals surface area contributed by atoms with Crippen molar-refractivity contribution in [2.24, 2.45) is 0 Å². The van der Waals surface area contributed by atoms with Crippen LogP contribution < -0.4 is 14.2 Å². The largest absolute Gasteiger partial charge is 0.490 e. The van der Waals surface area contributed by atoms with Gasteiger partial charge < -0.3 is 18.9 Å². The molecule has 0 bridgehead atoms. The fourth-order valence-electron chi connectivity index (χ4n) is 11.3. The van der Waals surface area contributed by atoms with E-state index in [1.54, 1.807) is 24.4 Å². The summed E-state index contributed by atoms with van der Waals surface area (Å²) in [6, 6.07) is 15.3. The molecule has 0 atom stereocenters. The first-order valence-corrected chi connectivity index (χ1v) is 34.8. The van der Waals surface area contributed by atoms with E-state index in [1.807, 2.05) is 24.3 Å². The zero-order valence-corrected chi connectivity index (χ0v) is 52.9. The van der Waals surface area contributed by atoms with E-state index in [4.69, 9.17) is 18.9 Å². The number of carbonyl (C=O) groups excluding carboxylic acids is 1. The number of nitriles is 1. The molecule has 81 heavy (non-hydrogen) atoms. The van der Waals surface area contributed by atoms with Crippen LogP contribution in [0.5, 0.6) is 17.2 Å². The number of nitrogens with zero attached hydrogens (tertiary/aromatic N) is 2. The summed E-state index contributed by atoms with van der Waals surface area (Å²) in [6.45, 7) is 8.74. The number of pyridine rings is 1. The fourth-order valence-corrected chi connectivity index (χ4v) is 11.3. The minimum Gasteiger partial charge on any atom is -0.490 e. The minimum atomic E-state index is -0.462. The van der Waals surface area contributed by atoms with E-state index in [-0.39, 0.29) is 6.61 Å². The number of rotatable bonds is 58. The van der Waals surface area contributed by atoms with Crippen molar-refractivity contribution >= 4 is 5.97 Å². The lowest BCUT2D eigenvalue weighted by molar-refractivity contribution is 0.0471. The number of hydrogen-bond donors (Lipinski definition) is 0. The summed E-state index contributed by atoms with van der Waals surface area (Å²) in [7, 11) is 0. The van der Waals surface area contributed by atoms with Crippen molar-refractivity contribution in [3.8, 4) is 34.4 Å². The highest BCUT2D eigenvalue weighted by atomic mass is 16.5. The number of carbonyl (C=O) groups is 1. The Balaban J connectivity index is 1.58. The Hall–Kier alpha value is -4.05. The van der Waals surface area contributed by atoms with Crippen molar-refractivity contribution in [2.75, 3.05) is 19.8 Å². The molecule has 0 radical (unpaired) electrons. The molecular formula is C74H122N2O5. The molecule has 3 aromatic rings. The van der Waals surface area contributed by atoms with Crippen LogP contribution in [0.3, 0.4) is 0 Å². The zero-order chi connectivity index (χ0) is 57.6. The molecule has 0 amide bonds. The Morgan fingerprint density at radius 2 is 0.728 bits per heavy atom. The Labute approximate surface area is 499 Å². The summed E-state index contributed by atoms with van der Waals surface area (Å²) >= 11 is 0. The van der Waals surface area contributed by atoms with Gasteiger partial charge >= 0.3 is 5.97 Å². The van der Waals surface area contributed by atoms with Gasteiger partial charge in [-0.15, -0.1) is 0 Å². The number of esters is 1. The Kier molecular flexibility index (Phi) is 46.4. The molecule has 0 aliphatic heterocycles.